The molecule has 0 bridgehead atoms. The molecule has 0 nitrogen and oxygen atoms in total. The van der Waals surface area contributed by atoms with E-state index in [0.29, 0.717) is 0 Å². The van der Waals surface area contributed by atoms with Crippen molar-refractivity contribution in [3.05, 3.63) is 60.7 Å². The van der Waals surface area contributed by atoms with E-state index in [4.69, 9.17) is 0 Å². The number of rotatable bonds is 0. The van der Waals surface area contributed by atoms with Gasteiger partial charge in [0.25, 0.3) is 0 Å². The van der Waals surface area contributed by atoms with Gasteiger partial charge in [-0.15, -0.1) is 0 Å². The van der Waals surface area contributed by atoms with E-state index in [0.717, 1.165) is 0 Å². The minimum absolute atomic E-state index is 0. The van der Waals surface area contributed by atoms with Gasteiger partial charge in [0.2, 0.25) is 0 Å². The van der Waals surface area contributed by atoms with Gasteiger partial charge in [-0.1, -0.05) is 48.5 Å². The van der Waals surface area contributed by atoms with Crippen LogP contribution in [0.5, 0.6) is 0 Å². The third-order valence-electron chi connectivity index (χ3n) is 2.61. The fourth-order valence-corrected chi connectivity index (χ4v) is 1.88. The Hall–Kier alpha value is 0.232. The molecule has 3 rings (SSSR count). The smallest absolute Gasteiger partial charge is 0 e. The molecule has 0 aliphatic carbocycles. The Morgan fingerprint density at radius 2 is 0.733 bits per heavy atom. The van der Waals surface area contributed by atoms with Crippen LogP contribution in [0.3, 0.4) is 0 Å². The standard InChI is InChI=1S/C14H10.Cs/c1-2-6-12-10-14-8-4-3-7-13(14)9-11(12)5-1;/h1-10H;. The van der Waals surface area contributed by atoms with Gasteiger partial charge in [-0.3, -0.25) is 0 Å². The minimum Gasteiger partial charge on any atom is -0.0616 e. The van der Waals surface area contributed by atoms with Gasteiger partial charge in [-0.2, -0.15) is 0 Å². The molecule has 1 heteroatoms. The van der Waals surface area contributed by atoms with E-state index in [2.05, 4.69) is 60.7 Å². The molecule has 1 radical (unpaired) electrons. The molecule has 0 aliphatic rings. The summed E-state index contributed by atoms with van der Waals surface area (Å²) in [7, 11) is 0. The van der Waals surface area contributed by atoms with Crippen LogP contribution in [0.15, 0.2) is 60.7 Å². The molecular weight excluding hydrogens is 301 g/mol. The molecular formula is C14H10Cs. The molecule has 15 heavy (non-hydrogen) atoms. The molecule has 0 aliphatic heterocycles. The van der Waals surface area contributed by atoms with Gasteiger partial charge < -0.3 is 0 Å². The average Bonchev–Trinajstić information content (AvgIpc) is 2.26. The minimum atomic E-state index is 0. The van der Waals surface area contributed by atoms with Crippen molar-refractivity contribution in [3.8, 4) is 0 Å². The largest absolute Gasteiger partial charge is 0.0616 e. The Labute approximate surface area is 148 Å². The zero-order valence-corrected chi connectivity index (χ0v) is 15.1. The van der Waals surface area contributed by atoms with E-state index in [9.17, 15) is 0 Å². The molecule has 0 unspecified atom stereocenters. The maximum absolute atomic E-state index is 2.24. The quantitative estimate of drug-likeness (QED) is 0.556. The Morgan fingerprint density at radius 3 is 1.00 bits per heavy atom. The van der Waals surface area contributed by atoms with Crippen LogP contribution in [0.2, 0.25) is 0 Å². The van der Waals surface area contributed by atoms with Crippen LogP contribution in [-0.2, 0) is 0 Å². The van der Waals surface area contributed by atoms with Crippen LogP contribution < -0.4 is 0 Å². The van der Waals surface area contributed by atoms with Crippen molar-refractivity contribution in [3.63, 3.8) is 0 Å². The summed E-state index contributed by atoms with van der Waals surface area (Å²) in [6.07, 6.45) is 0. The van der Waals surface area contributed by atoms with E-state index >= 15 is 0 Å². The molecule has 67 valence electrons. The molecule has 0 saturated carbocycles. The average molecular weight is 311 g/mol. The first-order chi connectivity index (χ1) is 6.93. The van der Waals surface area contributed by atoms with E-state index in [1.54, 1.807) is 0 Å². The molecule has 0 spiro atoms. The van der Waals surface area contributed by atoms with Crippen molar-refractivity contribution < 1.29 is 0 Å². The first-order valence-electron chi connectivity index (χ1n) is 4.81. The molecule has 0 aromatic heterocycles. The van der Waals surface area contributed by atoms with Crippen molar-refractivity contribution in [1.82, 2.24) is 0 Å². The summed E-state index contributed by atoms with van der Waals surface area (Å²) in [6, 6.07) is 21.4. The molecule has 0 fully saturated rings. The molecule has 0 saturated heterocycles. The van der Waals surface area contributed by atoms with Gasteiger partial charge in [-0.05, 0) is 33.7 Å². The Morgan fingerprint density at radius 1 is 0.467 bits per heavy atom. The maximum Gasteiger partial charge on any atom is 0 e. The first-order valence-corrected chi connectivity index (χ1v) is 4.81. The zero-order valence-electron chi connectivity index (χ0n) is 8.77. The van der Waals surface area contributed by atoms with E-state index in [-0.39, 0.29) is 68.9 Å². The summed E-state index contributed by atoms with van der Waals surface area (Å²) in [5, 5.41) is 5.25. The second kappa shape index (κ2) is 5.04. The number of fused-ring (bicyclic) bond motifs is 2. The molecule has 3 aromatic carbocycles. The van der Waals surface area contributed by atoms with E-state index in [1.807, 2.05) is 0 Å². The fraction of sp³-hybridized carbons (Fsp3) is 0. The van der Waals surface area contributed by atoms with Gasteiger partial charge in [0.1, 0.15) is 0 Å². The summed E-state index contributed by atoms with van der Waals surface area (Å²) in [6.45, 7) is 0. The van der Waals surface area contributed by atoms with Crippen LogP contribution in [-0.4, -0.2) is 68.9 Å². The molecule has 0 N–H and O–H groups in total. The van der Waals surface area contributed by atoms with Crippen molar-refractivity contribution in [2.75, 3.05) is 0 Å². The predicted molar refractivity (Wildman–Crippen MR) is 67.2 cm³/mol. The Bertz CT molecular complexity index is 494. The first kappa shape index (κ1) is 11.7. The maximum atomic E-state index is 2.24. The molecule has 0 amide bonds. The van der Waals surface area contributed by atoms with Crippen LogP contribution in [0, 0.1) is 0 Å². The summed E-state index contributed by atoms with van der Waals surface area (Å²) < 4.78 is 0. The monoisotopic (exact) mass is 311 g/mol. The van der Waals surface area contributed by atoms with E-state index in [1.165, 1.54) is 21.5 Å². The third-order valence-corrected chi connectivity index (χ3v) is 2.61. The Kier molecular flexibility index (Phi) is 3.94. The number of hydrogen-bond acceptors (Lipinski definition) is 0. The van der Waals surface area contributed by atoms with Gasteiger partial charge in [0.15, 0.2) is 0 Å². The van der Waals surface area contributed by atoms with Gasteiger partial charge >= 0.3 is 0 Å². The summed E-state index contributed by atoms with van der Waals surface area (Å²) in [5.74, 6) is 0. The van der Waals surface area contributed by atoms with Gasteiger partial charge in [-0.25, -0.2) is 0 Å². The van der Waals surface area contributed by atoms with Crippen LogP contribution >= 0.6 is 0 Å². The summed E-state index contributed by atoms with van der Waals surface area (Å²) in [5.41, 5.74) is 0. The van der Waals surface area contributed by atoms with Crippen LogP contribution in [0.4, 0.5) is 0 Å². The predicted octanol–water partition coefficient (Wildman–Crippen LogP) is 3.61. The number of benzene rings is 3. The van der Waals surface area contributed by atoms with Crippen LogP contribution in [0.25, 0.3) is 21.5 Å². The fourth-order valence-electron chi connectivity index (χ4n) is 1.88. The summed E-state index contributed by atoms with van der Waals surface area (Å²) >= 11 is 0. The SMILES string of the molecule is [Cs].c1ccc2cc3ccccc3cc2c1. The van der Waals surface area contributed by atoms with Crippen molar-refractivity contribution in [2.45, 2.75) is 0 Å². The van der Waals surface area contributed by atoms with Crippen molar-refractivity contribution in [1.29, 1.82) is 0 Å². The molecule has 3 aromatic rings. The van der Waals surface area contributed by atoms with Gasteiger partial charge in [0.05, 0.1) is 0 Å². The normalized spacial score (nSPS) is 10.1. The zero-order chi connectivity index (χ0) is 9.38. The summed E-state index contributed by atoms with van der Waals surface area (Å²) in [4.78, 5) is 0. The Balaban J connectivity index is 0.000000853. The van der Waals surface area contributed by atoms with Crippen molar-refractivity contribution >= 4 is 90.4 Å². The van der Waals surface area contributed by atoms with E-state index < -0.39 is 0 Å². The molecule has 0 atom stereocenters. The van der Waals surface area contributed by atoms with Gasteiger partial charge in [0, 0.05) is 68.9 Å². The second-order valence-electron chi connectivity index (χ2n) is 3.55. The second-order valence-corrected chi connectivity index (χ2v) is 3.55. The third kappa shape index (κ3) is 2.33. The topological polar surface area (TPSA) is 0 Å². The van der Waals surface area contributed by atoms with Crippen molar-refractivity contribution in [2.24, 2.45) is 0 Å². The number of hydrogen-bond donors (Lipinski definition) is 0. The molecule has 0 heterocycles. The van der Waals surface area contributed by atoms with Crippen LogP contribution in [0.1, 0.15) is 0 Å².